The van der Waals surface area contributed by atoms with E-state index in [9.17, 15) is 48.6 Å². The first-order valence-electron chi connectivity index (χ1n) is 35.8. The Kier molecular flexibility index (Phi) is 51.3. The predicted molar refractivity (Wildman–Crippen MR) is 345 cm³/mol. The van der Waals surface area contributed by atoms with Gasteiger partial charge in [-0.3, -0.25) is 33.6 Å². The van der Waals surface area contributed by atoms with Crippen molar-refractivity contribution in [3.05, 3.63) is 0 Å². The second-order valence-corrected chi connectivity index (χ2v) is 25.0. The predicted octanol–water partition coefficient (Wildman–Crippen LogP) is 15.0. The Morgan fingerprint density at radius 1 is 0.483 bits per heavy atom. The first-order chi connectivity index (χ1) is 43.1. The van der Waals surface area contributed by atoms with E-state index in [-0.39, 0.29) is 45.0 Å². The third-order valence-corrected chi connectivity index (χ3v) is 16.6. The minimum atomic E-state index is -2.43. The van der Waals surface area contributed by atoms with Crippen molar-refractivity contribution in [3.63, 3.8) is 0 Å². The molecule has 2 amide bonds. The smallest absolute Gasteiger partial charge is 0.328 e. The highest BCUT2D eigenvalue weighted by Crippen LogP contribution is 2.34. The normalized spacial score (nSPS) is 17.8. The van der Waals surface area contributed by atoms with Crippen LogP contribution in [0.5, 0.6) is 0 Å². The SMILES string of the molecule is CCCCCCCCCCCC(CC(=O)NC(COC1(NC(=O)CC(CCCCCCCCCCC)OC(=O)CCCCC)CC(OC(=O)CC(CCCCCCCCCCC)OC(=O)CCCCC)C(OC=O)C(CO)O1)C(=O)O)OC(=O)CCCCC. The van der Waals surface area contributed by atoms with Gasteiger partial charge in [-0.05, 0) is 57.8 Å². The molecule has 1 fully saturated rings. The highest BCUT2D eigenvalue weighted by atomic mass is 16.7. The number of carbonyl (C=O) groups excluding carboxylic acids is 7. The number of ether oxygens (including phenoxy) is 7. The molecule has 518 valence electrons. The quantitative estimate of drug-likeness (QED) is 0.0145. The first kappa shape index (κ1) is 82.7. The Balaban J connectivity index is 3.69. The molecule has 0 aromatic heterocycles. The van der Waals surface area contributed by atoms with Crippen molar-refractivity contribution in [2.45, 2.75) is 385 Å². The molecule has 19 heteroatoms. The van der Waals surface area contributed by atoms with Gasteiger partial charge in [0.15, 0.2) is 12.1 Å². The molecule has 1 aliphatic heterocycles. The summed E-state index contributed by atoms with van der Waals surface area (Å²) in [4.78, 5) is 107. The second kappa shape index (κ2) is 55.3. The molecule has 0 aromatic rings. The van der Waals surface area contributed by atoms with Crippen molar-refractivity contribution < 1.29 is 81.7 Å². The maximum Gasteiger partial charge on any atom is 0.328 e. The number of carbonyl (C=O) groups is 8. The summed E-state index contributed by atoms with van der Waals surface area (Å²) in [5.41, 5.74) is 0. The van der Waals surface area contributed by atoms with Crippen molar-refractivity contribution in [1.29, 1.82) is 0 Å². The molecule has 0 saturated carbocycles. The van der Waals surface area contributed by atoms with Crippen molar-refractivity contribution >= 4 is 48.1 Å². The molecule has 1 aliphatic rings. The molecule has 89 heavy (non-hydrogen) atoms. The molecule has 1 rings (SSSR count). The van der Waals surface area contributed by atoms with Crippen LogP contribution in [-0.4, -0.2) is 120 Å². The average molecular weight is 1270 g/mol. The summed E-state index contributed by atoms with van der Waals surface area (Å²) in [5.74, 6) is -7.67. The zero-order valence-corrected chi connectivity index (χ0v) is 56.6. The Hall–Kier alpha value is -4.36. The van der Waals surface area contributed by atoms with Crippen LogP contribution in [0.15, 0.2) is 0 Å². The zero-order chi connectivity index (χ0) is 65.6. The third-order valence-electron chi connectivity index (χ3n) is 16.6. The lowest BCUT2D eigenvalue weighted by Gasteiger charge is -2.46. The van der Waals surface area contributed by atoms with Crippen LogP contribution in [0.4, 0.5) is 0 Å². The summed E-state index contributed by atoms with van der Waals surface area (Å²) in [7, 11) is 0. The monoisotopic (exact) mass is 1270 g/mol. The minimum absolute atomic E-state index is 0.0991. The van der Waals surface area contributed by atoms with E-state index in [2.05, 4.69) is 31.4 Å². The molecule has 0 aromatic carbocycles. The van der Waals surface area contributed by atoms with E-state index in [1.807, 2.05) is 20.8 Å². The fraction of sp³-hybridized carbons (Fsp3) is 0.886. The van der Waals surface area contributed by atoms with E-state index in [1.54, 1.807) is 0 Å². The number of carboxylic acid groups (broad SMARTS) is 1. The van der Waals surface area contributed by atoms with Crippen LogP contribution in [-0.2, 0) is 71.5 Å². The Morgan fingerprint density at radius 2 is 0.831 bits per heavy atom. The van der Waals surface area contributed by atoms with Crippen LogP contribution in [0.1, 0.15) is 337 Å². The molecule has 1 saturated heterocycles. The molecular formula is C70H126N2O17. The largest absolute Gasteiger partial charge is 0.480 e. The van der Waals surface area contributed by atoms with Gasteiger partial charge in [-0.2, -0.15) is 0 Å². The van der Waals surface area contributed by atoms with Gasteiger partial charge in [-0.25, -0.2) is 4.79 Å². The van der Waals surface area contributed by atoms with Crippen LogP contribution in [0.25, 0.3) is 0 Å². The fourth-order valence-corrected chi connectivity index (χ4v) is 11.4. The van der Waals surface area contributed by atoms with E-state index >= 15 is 0 Å². The van der Waals surface area contributed by atoms with Gasteiger partial charge < -0.3 is 54.0 Å². The number of unbranched alkanes of at least 4 members (excludes halogenated alkanes) is 30. The molecule has 0 aliphatic carbocycles. The number of aliphatic carboxylic acids is 1. The van der Waals surface area contributed by atoms with Crippen LogP contribution in [0, 0.1) is 0 Å². The summed E-state index contributed by atoms with van der Waals surface area (Å²) >= 11 is 0. The van der Waals surface area contributed by atoms with Gasteiger partial charge in [0.05, 0.1) is 38.9 Å². The van der Waals surface area contributed by atoms with E-state index in [4.69, 9.17) is 33.2 Å². The summed E-state index contributed by atoms with van der Waals surface area (Å²) in [6, 6.07) is -1.79. The lowest BCUT2D eigenvalue weighted by molar-refractivity contribution is -0.335. The Morgan fingerprint density at radius 3 is 1.19 bits per heavy atom. The topological polar surface area (TPSA) is 266 Å². The number of nitrogens with one attached hydrogen (secondary N) is 2. The maximum absolute atomic E-state index is 14.6. The molecule has 0 radical (unpaired) electrons. The van der Waals surface area contributed by atoms with Crippen LogP contribution < -0.4 is 10.6 Å². The number of amides is 2. The van der Waals surface area contributed by atoms with Crippen LogP contribution in [0.2, 0.25) is 0 Å². The number of esters is 4. The highest BCUT2D eigenvalue weighted by Gasteiger charge is 2.53. The molecule has 8 unspecified atom stereocenters. The lowest BCUT2D eigenvalue weighted by atomic mass is 9.98. The summed E-state index contributed by atoms with van der Waals surface area (Å²) in [6.45, 7) is 11.0. The van der Waals surface area contributed by atoms with Gasteiger partial charge in [0.25, 0.3) is 12.4 Å². The van der Waals surface area contributed by atoms with E-state index in [0.717, 1.165) is 122 Å². The van der Waals surface area contributed by atoms with Crippen molar-refractivity contribution in [2.24, 2.45) is 0 Å². The van der Waals surface area contributed by atoms with Crippen molar-refractivity contribution in [2.75, 3.05) is 13.2 Å². The van der Waals surface area contributed by atoms with Crippen LogP contribution >= 0.6 is 0 Å². The van der Waals surface area contributed by atoms with Gasteiger partial charge in [0.2, 0.25) is 11.8 Å². The van der Waals surface area contributed by atoms with Gasteiger partial charge in [0, 0.05) is 19.3 Å². The van der Waals surface area contributed by atoms with Gasteiger partial charge in [-0.15, -0.1) is 0 Å². The van der Waals surface area contributed by atoms with Crippen molar-refractivity contribution in [3.8, 4) is 0 Å². The summed E-state index contributed by atoms with van der Waals surface area (Å²) in [5, 5.41) is 26.8. The zero-order valence-electron chi connectivity index (χ0n) is 56.6. The molecular weight excluding hydrogens is 1140 g/mol. The number of hydrogen-bond donors (Lipinski definition) is 4. The Labute approximate surface area is 537 Å². The van der Waals surface area contributed by atoms with E-state index in [0.29, 0.717) is 57.8 Å². The third kappa shape index (κ3) is 43.2. The van der Waals surface area contributed by atoms with Gasteiger partial charge in [0.1, 0.15) is 30.5 Å². The van der Waals surface area contributed by atoms with Gasteiger partial charge in [-0.1, -0.05) is 234 Å². The minimum Gasteiger partial charge on any atom is -0.480 e. The van der Waals surface area contributed by atoms with E-state index in [1.165, 1.54) is 70.6 Å². The molecule has 1 heterocycles. The second-order valence-electron chi connectivity index (χ2n) is 25.0. The highest BCUT2D eigenvalue weighted by molar-refractivity contribution is 5.84. The maximum atomic E-state index is 14.6. The number of hydrogen-bond acceptors (Lipinski definition) is 16. The summed E-state index contributed by atoms with van der Waals surface area (Å²) in [6.07, 6.45) is 28.3. The number of rotatable bonds is 61. The van der Waals surface area contributed by atoms with Crippen LogP contribution in [0.3, 0.4) is 0 Å². The van der Waals surface area contributed by atoms with Gasteiger partial charge >= 0.3 is 29.8 Å². The fourth-order valence-electron chi connectivity index (χ4n) is 11.4. The molecule has 8 atom stereocenters. The number of aliphatic hydroxyl groups excluding tert-OH is 1. The lowest BCUT2D eigenvalue weighted by Crippen LogP contribution is -2.66. The average Bonchev–Trinajstić information content (AvgIpc) is 1.12. The molecule has 0 bridgehead atoms. The van der Waals surface area contributed by atoms with E-state index < -0.39 is 110 Å². The molecule has 19 nitrogen and oxygen atoms in total. The Bertz CT molecular complexity index is 1850. The number of carboxylic acids is 1. The first-order valence-corrected chi connectivity index (χ1v) is 35.8. The standard InChI is InChI=1S/C70H126N2O17/c1-7-13-19-22-25-28-31-34-40-43-56(85-64(77)46-37-16-10-4)49-62(75)71-59(69(81)82)54-84-70(72-63(76)50-57(86-65(78)47-38-17-11-5)44-41-35-32-29-26-23-20-14-8-2)52-60(68(83-55-74)61(53-73)89-70)88-67(80)51-58(87-66(79)48-39-18-12-6)45-42-36-33-30-27-24-21-15-9-3/h55-61,68,73H,7-54H2,1-6H3,(H,71,75)(H,72,76)(H,81,82). The summed E-state index contributed by atoms with van der Waals surface area (Å²) < 4.78 is 41.8. The van der Waals surface area contributed by atoms with Crippen molar-refractivity contribution in [1.82, 2.24) is 10.6 Å². The molecule has 4 N–H and O–H groups in total. The molecule has 0 spiro atoms. The number of aliphatic hydroxyl groups is 1.